The molecular formula is C26H38N4O2. The van der Waals surface area contributed by atoms with Gasteiger partial charge in [-0.3, -0.25) is 14.5 Å². The van der Waals surface area contributed by atoms with Gasteiger partial charge in [-0.15, -0.1) is 0 Å². The number of hydrogen-bond acceptors (Lipinski definition) is 5. The van der Waals surface area contributed by atoms with Crippen LogP contribution in [0.3, 0.4) is 0 Å². The molecule has 0 aliphatic carbocycles. The minimum absolute atomic E-state index is 0.175. The lowest BCUT2D eigenvalue weighted by atomic mass is 10.0. The van der Waals surface area contributed by atoms with Gasteiger partial charge >= 0.3 is 0 Å². The highest BCUT2D eigenvalue weighted by atomic mass is 16.7. The fraction of sp³-hybridized carbons (Fsp3) is 0.500. The predicted molar refractivity (Wildman–Crippen MR) is 132 cm³/mol. The summed E-state index contributed by atoms with van der Waals surface area (Å²) < 4.78 is 0. The highest BCUT2D eigenvalue weighted by Crippen LogP contribution is 2.19. The fourth-order valence-corrected chi connectivity index (χ4v) is 4.29. The molecule has 2 aromatic rings. The van der Waals surface area contributed by atoms with E-state index in [0.29, 0.717) is 17.8 Å². The Balaban J connectivity index is 1.35. The van der Waals surface area contributed by atoms with E-state index in [4.69, 9.17) is 10.6 Å². The van der Waals surface area contributed by atoms with E-state index in [2.05, 4.69) is 40.1 Å². The Labute approximate surface area is 192 Å². The van der Waals surface area contributed by atoms with Crippen molar-refractivity contribution in [1.82, 2.24) is 9.96 Å². The first-order chi connectivity index (χ1) is 15.6. The number of unbranched alkanes of at least 4 members (excludes halogenated alkanes) is 2. The first-order valence-corrected chi connectivity index (χ1v) is 11.9. The van der Waals surface area contributed by atoms with Gasteiger partial charge < -0.3 is 10.6 Å². The van der Waals surface area contributed by atoms with Crippen LogP contribution in [0.5, 0.6) is 0 Å². The van der Waals surface area contributed by atoms with Gasteiger partial charge in [-0.1, -0.05) is 37.6 Å². The molecule has 1 fully saturated rings. The molecule has 3 rings (SSSR count). The Morgan fingerprint density at radius 3 is 2.44 bits per heavy atom. The number of nitrogens with two attached hydrogens (primary N) is 1. The van der Waals surface area contributed by atoms with Crippen molar-refractivity contribution in [3.8, 4) is 0 Å². The van der Waals surface area contributed by atoms with Crippen molar-refractivity contribution in [2.45, 2.75) is 39.0 Å². The summed E-state index contributed by atoms with van der Waals surface area (Å²) in [6.07, 6.45) is 5.38. The quantitative estimate of drug-likeness (QED) is 0.323. The predicted octanol–water partition coefficient (Wildman–Crippen LogP) is 4.22. The Bertz CT molecular complexity index is 835. The zero-order valence-corrected chi connectivity index (χ0v) is 19.6. The maximum Gasteiger partial charge on any atom is 0.279 e. The topological polar surface area (TPSA) is 62.0 Å². The maximum absolute atomic E-state index is 12.6. The third kappa shape index (κ3) is 6.71. The number of aryl methyl sites for hydroxylation is 1. The van der Waals surface area contributed by atoms with E-state index in [-0.39, 0.29) is 5.91 Å². The summed E-state index contributed by atoms with van der Waals surface area (Å²) >= 11 is 0. The normalized spacial score (nSPS) is 14.5. The van der Waals surface area contributed by atoms with Crippen molar-refractivity contribution < 1.29 is 9.63 Å². The SMILES string of the molecule is CCCN(OC)C(=O)c1ccc(CCCCCN2CCN(c3ccccc3)CC2)cc1N. The Hall–Kier alpha value is -2.57. The molecule has 1 saturated heterocycles. The van der Waals surface area contributed by atoms with Crippen molar-refractivity contribution in [3.63, 3.8) is 0 Å². The molecule has 32 heavy (non-hydrogen) atoms. The smallest absolute Gasteiger partial charge is 0.279 e. The number of benzene rings is 2. The van der Waals surface area contributed by atoms with Gasteiger partial charge in [0.15, 0.2) is 0 Å². The van der Waals surface area contributed by atoms with Crippen LogP contribution in [0.25, 0.3) is 0 Å². The second kappa shape index (κ2) is 12.5. The first-order valence-electron chi connectivity index (χ1n) is 11.9. The number of para-hydroxylation sites is 1. The van der Waals surface area contributed by atoms with Gasteiger partial charge in [0.2, 0.25) is 0 Å². The standard InChI is InChI=1S/C26H38N4O2/c1-3-15-30(32-2)26(31)24-14-13-22(21-25(24)27)10-6-5-9-16-28-17-19-29(20-18-28)23-11-7-4-8-12-23/h4,7-8,11-14,21H,3,5-6,9-10,15-20,27H2,1-2H3. The van der Waals surface area contributed by atoms with E-state index >= 15 is 0 Å². The zero-order chi connectivity index (χ0) is 22.8. The molecule has 174 valence electrons. The van der Waals surface area contributed by atoms with Crippen molar-refractivity contribution in [1.29, 1.82) is 0 Å². The van der Waals surface area contributed by atoms with Gasteiger partial charge in [-0.25, -0.2) is 5.06 Å². The van der Waals surface area contributed by atoms with Crippen LogP contribution in [0.15, 0.2) is 48.5 Å². The zero-order valence-electron chi connectivity index (χ0n) is 19.6. The second-order valence-electron chi connectivity index (χ2n) is 8.49. The van der Waals surface area contributed by atoms with Crippen LogP contribution in [-0.4, -0.2) is 62.2 Å². The molecule has 0 radical (unpaired) electrons. The molecule has 0 aromatic heterocycles. The Kier molecular flexibility index (Phi) is 9.38. The number of rotatable bonds is 11. The number of carbonyl (C=O) groups is 1. The molecule has 0 bridgehead atoms. The van der Waals surface area contributed by atoms with E-state index in [1.807, 2.05) is 25.1 Å². The summed E-state index contributed by atoms with van der Waals surface area (Å²) in [5, 5.41) is 1.37. The van der Waals surface area contributed by atoms with Gasteiger partial charge in [-0.2, -0.15) is 0 Å². The third-order valence-corrected chi connectivity index (χ3v) is 6.15. The summed E-state index contributed by atoms with van der Waals surface area (Å²) in [4.78, 5) is 22.8. The summed E-state index contributed by atoms with van der Waals surface area (Å²) in [6, 6.07) is 16.5. The number of nitrogen functional groups attached to an aromatic ring is 1. The third-order valence-electron chi connectivity index (χ3n) is 6.15. The van der Waals surface area contributed by atoms with Gasteiger partial charge in [-0.05, 0) is 62.1 Å². The van der Waals surface area contributed by atoms with Crippen molar-refractivity contribution >= 4 is 17.3 Å². The van der Waals surface area contributed by atoms with Crippen LogP contribution in [0.4, 0.5) is 11.4 Å². The van der Waals surface area contributed by atoms with E-state index in [9.17, 15) is 4.79 Å². The molecule has 6 nitrogen and oxygen atoms in total. The summed E-state index contributed by atoms with van der Waals surface area (Å²) in [6.45, 7) is 8.21. The number of amides is 1. The van der Waals surface area contributed by atoms with Gasteiger partial charge in [0, 0.05) is 44.1 Å². The van der Waals surface area contributed by atoms with Gasteiger partial charge in [0.05, 0.1) is 12.7 Å². The monoisotopic (exact) mass is 438 g/mol. The minimum Gasteiger partial charge on any atom is -0.398 e. The summed E-state index contributed by atoms with van der Waals surface area (Å²) in [5.74, 6) is -0.175. The average Bonchev–Trinajstić information content (AvgIpc) is 2.83. The number of piperazine rings is 1. The van der Waals surface area contributed by atoms with Crippen molar-refractivity contribution in [2.75, 3.05) is 57.0 Å². The molecule has 0 atom stereocenters. The molecule has 1 aliphatic heterocycles. The van der Waals surface area contributed by atoms with E-state index < -0.39 is 0 Å². The van der Waals surface area contributed by atoms with Gasteiger partial charge in [0.1, 0.15) is 0 Å². The number of carbonyl (C=O) groups excluding carboxylic acids is 1. The highest BCUT2D eigenvalue weighted by molar-refractivity contribution is 5.98. The lowest BCUT2D eigenvalue weighted by Crippen LogP contribution is -2.46. The van der Waals surface area contributed by atoms with E-state index in [1.165, 1.54) is 42.8 Å². The molecular weight excluding hydrogens is 400 g/mol. The molecule has 1 aliphatic rings. The first kappa shape index (κ1) is 24.1. The molecule has 1 heterocycles. The van der Waals surface area contributed by atoms with Crippen LogP contribution in [0, 0.1) is 0 Å². The maximum atomic E-state index is 12.6. The Morgan fingerprint density at radius 1 is 1.03 bits per heavy atom. The average molecular weight is 439 g/mol. The molecule has 0 spiro atoms. The molecule has 2 aromatic carbocycles. The number of anilines is 2. The largest absolute Gasteiger partial charge is 0.398 e. The lowest BCUT2D eigenvalue weighted by Gasteiger charge is -2.36. The molecule has 1 amide bonds. The molecule has 6 heteroatoms. The number of hydrogen-bond donors (Lipinski definition) is 1. The van der Waals surface area contributed by atoms with Crippen molar-refractivity contribution in [2.24, 2.45) is 0 Å². The van der Waals surface area contributed by atoms with Crippen LogP contribution in [0.2, 0.25) is 0 Å². The number of nitrogens with zero attached hydrogens (tertiary/aromatic N) is 3. The second-order valence-corrected chi connectivity index (χ2v) is 8.49. The molecule has 0 saturated carbocycles. The summed E-state index contributed by atoms with van der Waals surface area (Å²) in [7, 11) is 1.52. The van der Waals surface area contributed by atoms with Crippen LogP contribution >= 0.6 is 0 Å². The van der Waals surface area contributed by atoms with E-state index in [1.54, 1.807) is 0 Å². The fourth-order valence-electron chi connectivity index (χ4n) is 4.29. The lowest BCUT2D eigenvalue weighted by molar-refractivity contribution is -0.0947. The highest BCUT2D eigenvalue weighted by Gasteiger charge is 2.18. The van der Waals surface area contributed by atoms with Crippen molar-refractivity contribution in [3.05, 3.63) is 59.7 Å². The summed E-state index contributed by atoms with van der Waals surface area (Å²) in [5.41, 5.74) is 9.74. The molecule has 0 unspecified atom stereocenters. The van der Waals surface area contributed by atoms with Crippen LogP contribution in [0.1, 0.15) is 48.5 Å². The van der Waals surface area contributed by atoms with Gasteiger partial charge in [0.25, 0.3) is 5.91 Å². The molecule has 2 N–H and O–H groups in total. The minimum atomic E-state index is -0.175. The van der Waals surface area contributed by atoms with Crippen LogP contribution in [-0.2, 0) is 11.3 Å². The van der Waals surface area contributed by atoms with E-state index in [0.717, 1.165) is 45.4 Å². The number of hydroxylamine groups is 2. The van der Waals surface area contributed by atoms with Crippen LogP contribution < -0.4 is 10.6 Å². The Morgan fingerprint density at radius 2 is 1.78 bits per heavy atom.